The van der Waals surface area contributed by atoms with Gasteiger partial charge < -0.3 is 14.9 Å². The second-order valence-corrected chi connectivity index (χ2v) is 4.89. The van der Waals surface area contributed by atoms with Crippen molar-refractivity contribution in [3.63, 3.8) is 0 Å². The first-order valence-electron chi connectivity index (χ1n) is 6.20. The van der Waals surface area contributed by atoms with Crippen LogP contribution in [-0.4, -0.2) is 60.6 Å². The fraction of sp³-hybridized carbons (Fsp3) is 0.917. The summed E-state index contributed by atoms with van der Waals surface area (Å²) >= 11 is 0. The molecule has 1 aliphatic rings. The average Bonchev–Trinajstić information content (AvgIpc) is 2.24. The smallest absolute Gasteiger partial charge is 0.303 e. The molecule has 1 rings (SSSR count). The van der Waals surface area contributed by atoms with E-state index in [0.29, 0.717) is 12.5 Å². The van der Waals surface area contributed by atoms with E-state index >= 15 is 0 Å². The molecular formula is C12H24N2O2. The van der Waals surface area contributed by atoms with Crippen LogP contribution in [0.15, 0.2) is 0 Å². The first kappa shape index (κ1) is 13.5. The zero-order valence-corrected chi connectivity index (χ0v) is 10.5. The van der Waals surface area contributed by atoms with Crippen LogP contribution in [0.2, 0.25) is 0 Å². The molecule has 4 nitrogen and oxygen atoms in total. The highest BCUT2D eigenvalue weighted by Crippen LogP contribution is 2.13. The largest absolute Gasteiger partial charge is 0.481 e. The molecule has 4 heteroatoms. The molecule has 1 atom stereocenters. The van der Waals surface area contributed by atoms with Crippen LogP contribution in [0.1, 0.15) is 32.1 Å². The van der Waals surface area contributed by atoms with E-state index in [4.69, 9.17) is 5.11 Å². The van der Waals surface area contributed by atoms with Crippen LogP contribution in [0.3, 0.4) is 0 Å². The molecule has 0 aromatic carbocycles. The van der Waals surface area contributed by atoms with Crippen molar-refractivity contribution in [3.8, 4) is 0 Å². The van der Waals surface area contributed by atoms with Crippen LogP contribution in [0.4, 0.5) is 0 Å². The van der Waals surface area contributed by atoms with E-state index in [1.165, 1.54) is 19.4 Å². The summed E-state index contributed by atoms with van der Waals surface area (Å²) in [6, 6.07) is 0.656. The highest BCUT2D eigenvalue weighted by atomic mass is 16.4. The first-order chi connectivity index (χ1) is 7.59. The Bertz CT molecular complexity index is 221. The number of carboxylic acids is 1. The number of carboxylic acid groups (broad SMARTS) is 1. The summed E-state index contributed by atoms with van der Waals surface area (Å²) in [5.41, 5.74) is 0. The SMILES string of the molecule is CN1CCCC(N(C)CCCCC(=O)O)C1. The number of likely N-dealkylation sites (tertiary alicyclic amines) is 1. The van der Waals surface area contributed by atoms with Gasteiger partial charge in [-0.25, -0.2) is 0 Å². The van der Waals surface area contributed by atoms with E-state index in [1.54, 1.807) is 0 Å². The van der Waals surface area contributed by atoms with Crippen molar-refractivity contribution in [2.75, 3.05) is 33.7 Å². The monoisotopic (exact) mass is 228 g/mol. The number of piperidine rings is 1. The van der Waals surface area contributed by atoms with E-state index in [1.807, 2.05) is 0 Å². The Morgan fingerprint density at radius 3 is 2.88 bits per heavy atom. The third kappa shape index (κ3) is 4.94. The number of carbonyl (C=O) groups is 1. The molecule has 1 heterocycles. The fourth-order valence-electron chi connectivity index (χ4n) is 2.32. The lowest BCUT2D eigenvalue weighted by atomic mass is 10.0. The Kier molecular flexibility index (Phi) is 5.77. The topological polar surface area (TPSA) is 43.8 Å². The highest BCUT2D eigenvalue weighted by Gasteiger charge is 2.20. The van der Waals surface area contributed by atoms with Crippen molar-refractivity contribution in [3.05, 3.63) is 0 Å². The van der Waals surface area contributed by atoms with Crippen LogP contribution < -0.4 is 0 Å². The minimum absolute atomic E-state index is 0.304. The molecule has 0 bridgehead atoms. The maximum Gasteiger partial charge on any atom is 0.303 e. The van der Waals surface area contributed by atoms with Crippen LogP contribution in [0, 0.1) is 0 Å². The molecule has 1 fully saturated rings. The van der Waals surface area contributed by atoms with Gasteiger partial charge in [0.05, 0.1) is 0 Å². The molecule has 1 unspecified atom stereocenters. The quantitative estimate of drug-likeness (QED) is 0.695. The molecule has 1 N–H and O–H groups in total. The van der Waals surface area contributed by atoms with Gasteiger partial charge in [0.2, 0.25) is 0 Å². The molecule has 0 aliphatic carbocycles. The lowest BCUT2D eigenvalue weighted by molar-refractivity contribution is -0.137. The second-order valence-electron chi connectivity index (χ2n) is 4.89. The molecule has 16 heavy (non-hydrogen) atoms. The van der Waals surface area contributed by atoms with Gasteiger partial charge in [-0.1, -0.05) is 0 Å². The summed E-state index contributed by atoms with van der Waals surface area (Å²) in [5, 5.41) is 8.54. The average molecular weight is 228 g/mol. The van der Waals surface area contributed by atoms with E-state index in [0.717, 1.165) is 25.9 Å². The highest BCUT2D eigenvalue weighted by molar-refractivity contribution is 5.66. The second kappa shape index (κ2) is 6.86. The standard InChI is InChI=1S/C12H24N2O2/c1-13-8-5-6-11(10-13)14(2)9-4-3-7-12(15)16/h11H,3-10H2,1-2H3,(H,15,16). The van der Waals surface area contributed by atoms with E-state index in [2.05, 4.69) is 23.9 Å². The molecule has 0 aromatic rings. The Hall–Kier alpha value is -0.610. The van der Waals surface area contributed by atoms with Gasteiger partial charge in [-0.2, -0.15) is 0 Å². The van der Waals surface area contributed by atoms with Gasteiger partial charge in [0.1, 0.15) is 0 Å². The Morgan fingerprint density at radius 2 is 2.25 bits per heavy atom. The van der Waals surface area contributed by atoms with Crippen molar-refractivity contribution in [2.45, 2.75) is 38.1 Å². The van der Waals surface area contributed by atoms with Crippen molar-refractivity contribution in [1.29, 1.82) is 0 Å². The van der Waals surface area contributed by atoms with Crippen molar-refractivity contribution in [2.24, 2.45) is 0 Å². The normalized spacial score (nSPS) is 22.6. The number of hydrogen-bond donors (Lipinski definition) is 1. The molecule has 0 aromatic heterocycles. The summed E-state index contributed by atoms with van der Waals surface area (Å²) in [7, 11) is 4.33. The van der Waals surface area contributed by atoms with E-state index in [-0.39, 0.29) is 0 Å². The van der Waals surface area contributed by atoms with Gasteiger partial charge in [0, 0.05) is 19.0 Å². The maximum absolute atomic E-state index is 10.4. The van der Waals surface area contributed by atoms with Gasteiger partial charge in [0.15, 0.2) is 0 Å². The third-order valence-corrected chi connectivity index (χ3v) is 3.37. The zero-order chi connectivity index (χ0) is 12.0. The van der Waals surface area contributed by atoms with Crippen molar-refractivity contribution < 1.29 is 9.90 Å². The molecule has 0 saturated carbocycles. The molecular weight excluding hydrogens is 204 g/mol. The summed E-state index contributed by atoms with van der Waals surface area (Å²) in [6.45, 7) is 3.38. The zero-order valence-electron chi connectivity index (χ0n) is 10.5. The van der Waals surface area contributed by atoms with E-state index in [9.17, 15) is 4.79 Å². The van der Waals surface area contributed by atoms with Crippen LogP contribution in [0.25, 0.3) is 0 Å². The molecule has 0 radical (unpaired) electrons. The number of rotatable bonds is 6. The predicted molar refractivity (Wildman–Crippen MR) is 64.6 cm³/mol. The Labute approximate surface area is 98.2 Å². The summed E-state index contributed by atoms with van der Waals surface area (Å²) in [5.74, 6) is -0.681. The van der Waals surface area contributed by atoms with Gasteiger partial charge in [-0.3, -0.25) is 4.79 Å². The fourth-order valence-corrected chi connectivity index (χ4v) is 2.32. The Morgan fingerprint density at radius 1 is 1.50 bits per heavy atom. The van der Waals surface area contributed by atoms with Gasteiger partial charge in [-0.15, -0.1) is 0 Å². The number of unbranched alkanes of at least 4 members (excludes halogenated alkanes) is 1. The molecule has 1 aliphatic heterocycles. The van der Waals surface area contributed by atoms with Gasteiger partial charge in [0.25, 0.3) is 0 Å². The maximum atomic E-state index is 10.4. The first-order valence-corrected chi connectivity index (χ1v) is 6.20. The summed E-state index contributed by atoms with van der Waals surface area (Å²) < 4.78 is 0. The lowest BCUT2D eigenvalue weighted by Gasteiger charge is -2.35. The minimum atomic E-state index is -0.681. The minimum Gasteiger partial charge on any atom is -0.481 e. The van der Waals surface area contributed by atoms with Gasteiger partial charge in [-0.05, 0) is 52.9 Å². The molecule has 0 spiro atoms. The number of nitrogens with zero attached hydrogens (tertiary/aromatic N) is 2. The van der Waals surface area contributed by atoms with Crippen molar-refractivity contribution in [1.82, 2.24) is 9.80 Å². The van der Waals surface area contributed by atoms with Crippen LogP contribution in [0.5, 0.6) is 0 Å². The number of aliphatic carboxylic acids is 1. The molecule has 94 valence electrons. The Balaban J connectivity index is 2.13. The predicted octanol–water partition coefficient (Wildman–Crippen LogP) is 1.27. The molecule has 1 saturated heterocycles. The third-order valence-electron chi connectivity index (χ3n) is 3.37. The van der Waals surface area contributed by atoms with Gasteiger partial charge >= 0.3 is 5.97 Å². The van der Waals surface area contributed by atoms with Crippen LogP contribution in [-0.2, 0) is 4.79 Å². The summed E-state index contributed by atoms with van der Waals surface area (Å²) in [6.07, 6.45) is 4.64. The summed E-state index contributed by atoms with van der Waals surface area (Å²) in [4.78, 5) is 15.1. The molecule has 0 amide bonds. The number of hydrogen-bond acceptors (Lipinski definition) is 3. The van der Waals surface area contributed by atoms with Crippen LogP contribution >= 0.6 is 0 Å². The van der Waals surface area contributed by atoms with E-state index < -0.39 is 5.97 Å². The van der Waals surface area contributed by atoms with Crippen molar-refractivity contribution >= 4 is 5.97 Å². The lowest BCUT2D eigenvalue weighted by Crippen LogP contribution is -2.45. The number of likely N-dealkylation sites (N-methyl/N-ethyl adjacent to an activating group) is 2.